The van der Waals surface area contributed by atoms with Gasteiger partial charge < -0.3 is 20.1 Å². The Hall–Kier alpha value is -3.00. The Morgan fingerprint density at radius 1 is 1.18 bits per heavy atom. The minimum atomic E-state index is -0.513. The van der Waals surface area contributed by atoms with Gasteiger partial charge in [0.2, 0.25) is 11.8 Å². The molecule has 2 N–H and O–H groups in total. The fourth-order valence-electron chi connectivity index (χ4n) is 2.83. The molecule has 4 rings (SSSR count). The second kappa shape index (κ2) is 7.93. The number of ether oxygens (including phenoxy) is 2. The van der Waals surface area contributed by atoms with E-state index in [-0.39, 0.29) is 18.2 Å². The number of thioether (sulfide) groups is 1. The van der Waals surface area contributed by atoms with Gasteiger partial charge in [-0.1, -0.05) is 29.5 Å². The fraction of sp³-hybridized carbons (Fsp3) is 0.250. The van der Waals surface area contributed by atoms with E-state index in [1.807, 2.05) is 31.2 Å². The summed E-state index contributed by atoms with van der Waals surface area (Å²) < 4.78 is 11.0. The summed E-state index contributed by atoms with van der Waals surface area (Å²) in [6.45, 7) is 3.00. The summed E-state index contributed by atoms with van der Waals surface area (Å²) >= 11 is 1.25. The molecular formula is C20H19N3O4S. The van der Waals surface area contributed by atoms with Crippen molar-refractivity contribution in [3.63, 3.8) is 0 Å². The largest absolute Gasteiger partial charge is 0.486 e. The molecule has 28 heavy (non-hydrogen) atoms. The molecule has 0 unspecified atom stereocenters. The van der Waals surface area contributed by atoms with Crippen LogP contribution in [0.4, 0.5) is 11.4 Å². The number of carbonyl (C=O) groups excluding carboxylic acids is 2. The Labute approximate surface area is 166 Å². The summed E-state index contributed by atoms with van der Waals surface area (Å²) in [5, 5.41) is 5.50. The van der Waals surface area contributed by atoms with Gasteiger partial charge in [-0.05, 0) is 31.2 Å². The van der Waals surface area contributed by atoms with Gasteiger partial charge in [-0.2, -0.15) is 0 Å². The summed E-state index contributed by atoms with van der Waals surface area (Å²) in [5.41, 5.74) is 2.48. The number of hydrogen-bond acceptors (Lipinski definition) is 6. The highest BCUT2D eigenvalue weighted by Gasteiger charge is 2.32. The molecule has 7 nitrogen and oxygen atoms in total. The predicted molar refractivity (Wildman–Crippen MR) is 108 cm³/mol. The molecule has 1 atom stereocenters. The maximum atomic E-state index is 12.2. The average molecular weight is 397 g/mol. The van der Waals surface area contributed by atoms with E-state index in [2.05, 4.69) is 15.6 Å². The number of amidine groups is 1. The summed E-state index contributed by atoms with van der Waals surface area (Å²) in [6.07, 6.45) is 0.0739. The van der Waals surface area contributed by atoms with Crippen molar-refractivity contribution in [2.45, 2.75) is 18.6 Å². The number of anilines is 1. The monoisotopic (exact) mass is 397 g/mol. The zero-order chi connectivity index (χ0) is 19.5. The lowest BCUT2D eigenvalue weighted by atomic mass is 10.2. The van der Waals surface area contributed by atoms with E-state index in [0.29, 0.717) is 41.3 Å². The van der Waals surface area contributed by atoms with E-state index in [0.717, 1.165) is 5.56 Å². The number of benzene rings is 2. The van der Waals surface area contributed by atoms with Crippen LogP contribution in [0.15, 0.2) is 47.5 Å². The van der Waals surface area contributed by atoms with Gasteiger partial charge >= 0.3 is 0 Å². The summed E-state index contributed by atoms with van der Waals surface area (Å²) in [5.74, 6) is 0.887. The molecule has 1 saturated heterocycles. The number of aliphatic imine (C=N–C) groups is 1. The van der Waals surface area contributed by atoms with Crippen molar-refractivity contribution in [2.75, 3.05) is 18.5 Å². The van der Waals surface area contributed by atoms with Crippen molar-refractivity contribution in [1.29, 1.82) is 0 Å². The van der Waals surface area contributed by atoms with Crippen LogP contribution in [0.1, 0.15) is 12.0 Å². The SMILES string of the molecule is Cc1ccc(NC(=O)C[C@@H]2SC(=Nc3ccc4c(c3)OCCO4)NC2=O)cc1. The average Bonchev–Trinajstić information content (AvgIpc) is 3.02. The second-order valence-corrected chi connectivity index (χ2v) is 7.65. The van der Waals surface area contributed by atoms with Crippen molar-refractivity contribution in [1.82, 2.24) is 5.32 Å². The minimum Gasteiger partial charge on any atom is -0.486 e. The van der Waals surface area contributed by atoms with Crippen molar-refractivity contribution >= 4 is 40.1 Å². The third kappa shape index (κ3) is 4.28. The maximum Gasteiger partial charge on any atom is 0.240 e. The molecule has 2 aromatic rings. The van der Waals surface area contributed by atoms with Gasteiger partial charge in [-0.25, -0.2) is 4.99 Å². The third-order valence-electron chi connectivity index (χ3n) is 4.24. The molecule has 0 radical (unpaired) electrons. The van der Waals surface area contributed by atoms with Gasteiger partial charge in [-0.15, -0.1) is 0 Å². The summed E-state index contributed by atoms with van der Waals surface area (Å²) in [7, 11) is 0. The zero-order valence-electron chi connectivity index (χ0n) is 15.2. The molecule has 0 spiro atoms. The van der Waals surface area contributed by atoms with Crippen molar-refractivity contribution in [3.05, 3.63) is 48.0 Å². The highest BCUT2D eigenvalue weighted by atomic mass is 32.2. The van der Waals surface area contributed by atoms with Crippen LogP contribution in [0.2, 0.25) is 0 Å². The molecule has 8 heteroatoms. The standard InChI is InChI=1S/C20H19N3O4S/c1-12-2-4-13(5-3-12)21-18(24)11-17-19(25)23-20(28-17)22-14-6-7-15-16(10-14)27-9-8-26-15/h2-7,10,17H,8-9,11H2,1H3,(H,21,24)(H,22,23,25)/t17-/m0/s1. The first-order chi connectivity index (χ1) is 13.6. The summed E-state index contributed by atoms with van der Waals surface area (Å²) in [6, 6.07) is 12.9. The molecule has 2 aliphatic rings. The topological polar surface area (TPSA) is 89.0 Å². The van der Waals surface area contributed by atoms with Crippen LogP contribution in [-0.2, 0) is 9.59 Å². The minimum absolute atomic E-state index is 0.0739. The highest BCUT2D eigenvalue weighted by Crippen LogP contribution is 2.34. The van der Waals surface area contributed by atoms with Crippen molar-refractivity contribution in [3.8, 4) is 11.5 Å². The van der Waals surface area contributed by atoms with Gasteiger partial charge in [0.05, 0.1) is 5.69 Å². The number of carbonyl (C=O) groups is 2. The second-order valence-electron chi connectivity index (χ2n) is 6.46. The molecule has 0 bridgehead atoms. The van der Waals surface area contributed by atoms with Gasteiger partial charge in [0.15, 0.2) is 16.7 Å². The van der Waals surface area contributed by atoms with E-state index in [1.165, 1.54) is 11.8 Å². The molecule has 0 aromatic heterocycles. The molecule has 2 amide bonds. The maximum absolute atomic E-state index is 12.2. The first-order valence-electron chi connectivity index (χ1n) is 8.89. The van der Waals surface area contributed by atoms with Crippen LogP contribution in [0.3, 0.4) is 0 Å². The van der Waals surface area contributed by atoms with Crippen LogP contribution in [0.25, 0.3) is 0 Å². The van der Waals surface area contributed by atoms with Gasteiger partial charge in [0, 0.05) is 18.2 Å². The number of amides is 2. The van der Waals surface area contributed by atoms with Crippen LogP contribution in [0.5, 0.6) is 11.5 Å². The third-order valence-corrected chi connectivity index (χ3v) is 5.32. The zero-order valence-corrected chi connectivity index (χ0v) is 16.0. The number of fused-ring (bicyclic) bond motifs is 1. The smallest absolute Gasteiger partial charge is 0.240 e. The van der Waals surface area contributed by atoms with E-state index < -0.39 is 5.25 Å². The Bertz CT molecular complexity index is 943. The molecule has 0 saturated carbocycles. The van der Waals surface area contributed by atoms with Crippen LogP contribution >= 0.6 is 11.8 Å². The van der Waals surface area contributed by atoms with Crippen LogP contribution in [-0.4, -0.2) is 35.4 Å². The fourth-order valence-corrected chi connectivity index (χ4v) is 3.82. The number of nitrogens with one attached hydrogen (secondary N) is 2. The van der Waals surface area contributed by atoms with Crippen molar-refractivity contribution in [2.24, 2.45) is 4.99 Å². The summed E-state index contributed by atoms with van der Waals surface area (Å²) in [4.78, 5) is 28.9. The Morgan fingerprint density at radius 2 is 1.93 bits per heavy atom. The van der Waals surface area contributed by atoms with Gasteiger partial charge in [0.25, 0.3) is 0 Å². The lowest BCUT2D eigenvalue weighted by Gasteiger charge is -2.18. The lowest BCUT2D eigenvalue weighted by Crippen LogP contribution is -2.28. The number of hydrogen-bond donors (Lipinski definition) is 2. The number of aryl methyl sites for hydroxylation is 1. The molecule has 144 valence electrons. The van der Waals surface area contributed by atoms with E-state index >= 15 is 0 Å². The lowest BCUT2D eigenvalue weighted by molar-refractivity contribution is -0.122. The van der Waals surface area contributed by atoms with E-state index in [1.54, 1.807) is 18.2 Å². The molecular weight excluding hydrogens is 378 g/mol. The Morgan fingerprint density at radius 3 is 2.71 bits per heavy atom. The van der Waals surface area contributed by atoms with Crippen molar-refractivity contribution < 1.29 is 19.1 Å². The molecule has 2 heterocycles. The first kappa shape index (κ1) is 18.4. The first-order valence-corrected chi connectivity index (χ1v) is 9.77. The molecule has 2 aliphatic heterocycles. The molecule has 0 aliphatic carbocycles. The highest BCUT2D eigenvalue weighted by molar-refractivity contribution is 8.15. The molecule has 2 aromatic carbocycles. The quantitative estimate of drug-likeness (QED) is 0.828. The predicted octanol–water partition coefficient (Wildman–Crippen LogP) is 3.01. The number of nitrogens with zero attached hydrogens (tertiary/aromatic N) is 1. The van der Waals surface area contributed by atoms with Crippen LogP contribution < -0.4 is 20.1 Å². The van der Waals surface area contributed by atoms with E-state index in [9.17, 15) is 9.59 Å². The van der Waals surface area contributed by atoms with Crippen LogP contribution in [0, 0.1) is 6.92 Å². The van der Waals surface area contributed by atoms with Gasteiger partial charge in [0.1, 0.15) is 18.5 Å². The Kier molecular flexibility index (Phi) is 5.21. The normalized spacial score (nSPS) is 19.4. The molecule has 1 fully saturated rings. The van der Waals surface area contributed by atoms with E-state index in [4.69, 9.17) is 9.47 Å². The Balaban J connectivity index is 1.38. The van der Waals surface area contributed by atoms with Gasteiger partial charge in [-0.3, -0.25) is 9.59 Å². The number of rotatable bonds is 4.